The number of aromatic amines is 1. The predicted octanol–water partition coefficient (Wildman–Crippen LogP) is 2.91. The molecule has 0 atom stereocenters. The molecule has 0 amide bonds. The van der Waals surface area contributed by atoms with Crippen LogP contribution in [0.1, 0.15) is 11.4 Å². The minimum absolute atomic E-state index is 0.420. The van der Waals surface area contributed by atoms with E-state index < -0.39 is 0 Å². The highest BCUT2D eigenvalue weighted by Gasteiger charge is 2.07. The Morgan fingerprint density at radius 3 is 2.91 bits per heavy atom. The van der Waals surface area contributed by atoms with Gasteiger partial charge in [0.15, 0.2) is 11.6 Å². The maximum Gasteiger partial charge on any atom is 0.225 e. The summed E-state index contributed by atoms with van der Waals surface area (Å²) in [4.78, 5) is 12.7. The van der Waals surface area contributed by atoms with Crippen LogP contribution >= 0.6 is 11.6 Å². The molecule has 0 unspecified atom stereocenters. The van der Waals surface area contributed by atoms with Gasteiger partial charge in [-0.3, -0.25) is 10.1 Å². The van der Waals surface area contributed by atoms with Crippen molar-refractivity contribution in [1.29, 1.82) is 0 Å². The van der Waals surface area contributed by atoms with Crippen molar-refractivity contribution in [3.8, 4) is 0 Å². The summed E-state index contributed by atoms with van der Waals surface area (Å²) in [5.41, 5.74) is 1.85. The van der Waals surface area contributed by atoms with Gasteiger partial charge in [0, 0.05) is 18.0 Å². The van der Waals surface area contributed by atoms with Crippen LogP contribution in [0.4, 0.5) is 17.6 Å². The van der Waals surface area contributed by atoms with E-state index in [4.69, 9.17) is 11.6 Å². The zero-order chi connectivity index (χ0) is 15.4. The van der Waals surface area contributed by atoms with E-state index in [0.717, 1.165) is 11.4 Å². The number of H-pyrrole nitrogens is 1. The second-order valence-corrected chi connectivity index (χ2v) is 5.03. The fourth-order valence-electron chi connectivity index (χ4n) is 1.82. The predicted molar refractivity (Wildman–Crippen MR) is 85.2 cm³/mol. The number of anilines is 3. The SMILES string of the molecule is Cc1cc(Nc2nc(NCc3ccccn3)ncc2Cl)n[nH]1. The van der Waals surface area contributed by atoms with Crippen LogP contribution in [-0.4, -0.2) is 25.1 Å². The second kappa shape index (κ2) is 6.40. The van der Waals surface area contributed by atoms with Crippen molar-refractivity contribution in [2.24, 2.45) is 0 Å². The van der Waals surface area contributed by atoms with Crippen LogP contribution in [0.3, 0.4) is 0 Å². The molecule has 0 spiro atoms. The number of hydrogen-bond donors (Lipinski definition) is 3. The minimum atomic E-state index is 0.420. The van der Waals surface area contributed by atoms with Crippen molar-refractivity contribution >= 4 is 29.2 Å². The van der Waals surface area contributed by atoms with E-state index in [2.05, 4.69) is 35.8 Å². The molecule has 0 saturated heterocycles. The van der Waals surface area contributed by atoms with Crippen LogP contribution in [0.15, 0.2) is 36.7 Å². The molecule has 0 bridgehead atoms. The van der Waals surface area contributed by atoms with Gasteiger partial charge in [0.1, 0.15) is 5.02 Å². The summed E-state index contributed by atoms with van der Waals surface area (Å²) >= 11 is 6.10. The Morgan fingerprint density at radius 2 is 2.18 bits per heavy atom. The Morgan fingerprint density at radius 1 is 1.27 bits per heavy atom. The van der Waals surface area contributed by atoms with Gasteiger partial charge in [-0.15, -0.1) is 0 Å². The maximum absolute atomic E-state index is 6.10. The van der Waals surface area contributed by atoms with Gasteiger partial charge < -0.3 is 10.6 Å². The monoisotopic (exact) mass is 315 g/mol. The summed E-state index contributed by atoms with van der Waals surface area (Å²) in [6, 6.07) is 7.59. The molecular weight excluding hydrogens is 302 g/mol. The molecule has 0 aliphatic heterocycles. The van der Waals surface area contributed by atoms with E-state index in [1.54, 1.807) is 6.20 Å². The highest BCUT2D eigenvalue weighted by atomic mass is 35.5. The molecule has 3 N–H and O–H groups in total. The first-order valence-electron chi connectivity index (χ1n) is 6.66. The zero-order valence-electron chi connectivity index (χ0n) is 11.8. The van der Waals surface area contributed by atoms with Crippen molar-refractivity contribution in [1.82, 2.24) is 25.1 Å². The lowest BCUT2D eigenvalue weighted by Gasteiger charge is -2.08. The van der Waals surface area contributed by atoms with Gasteiger partial charge >= 0.3 is 0 Å². The third kappa shape index (κ3) is 3.50. The summed E-state index contributed by atoms with van der Waals surface area (Å²) < 4.78 is 0. The molecule has 0 saturated carbocycles. The summed E-state index contributed by atoms with van der Waals surface area (Å²) in [6.45, 7) is 2.45. The number of nitrogens with zero attached hydrogens (tertiary/aromatic N) is 4. The van der Waals surface area contributed by atoms with Crippen molar-refractivity contribution in [2.75, 3.05) is 10.6 Å². The van der Waals surface area contributed by atoms with Crippen LogP contribution in [0.25, 0.3) is 0 Å². The Bertz CT molecular complexity index is 757. The summed E-state index contributed by atoms with van der Waals surface area (Å²) in [6.07, 6.45) is 3.28. The summed E-state index contributed by atoms with van der Waals surface area (Å²) in [7, 11) is 0. The largest absolute Gasteiger partial charge is 0.349 e. The number of aromatic nitrogens is 5. The first kappa shape index (κ1) is 14.3. The molecule has 22 heavy (non-hydrogen) atoms. The number of pyridine rings is 1. The maximum atomic E-state index is 6.10. The quantitative estimate of drug-likeness (QED) is 0.670. The van der Waals surface area contributed by atoms with Crippen LogP contribution in [-0.2, 0) is 6.54 Å². The smallest absolute Gasteiger partial charge is 0.225 e. The molecule has 8 heteroatoms. The number of rotatable bonds is 5. The van der Waals surface area contributed by atoms with Crippen LogP contribution in [0.5, 0.6) is 0 Å². The minimum Gasteiger partial charge on any atom is -0.349 e. The Balaban J connectivity index is 1.72. The summed E-state index contributed by atoms with van der Waals surface area (Å²) in [5.74, 6) is 1.60. The number of hydrogen-bond acceptors (Lipinski definition) is 6. The first-order chi connectivity index (χ1) is 10.7. The molecule has 3 aromatic rings. The van der Waals surface area contributed by atoms with Crippen molar-refractivity contribution in [3.63, 3.8) is 0 Å². The van der Waals surface area contributed by atoms with E-state index in [1.807, 2.05) is 31.2 Å². The molecular formula is C14H14ClN7. The van der Waals surface area contributed by atoms with Gasteiger partial charge in [-0.1, -0.05) is 17.7 Å². The fourth-order valence-corrected chi connectivity index (χ4v) is 1.95. The molecule has 112 valence electrons. The van der Waals surface area contributed by atoms with Gasteiger partial charge in [-0.2, -0.15) is 10.1 Å². The molecule has 0 radical (unpaired) electrons. The van der Waals surface area contributed by atoms with E-state index >= 15 is 0 Å². The van der Waals surface area contributed by atoms with Crippen molar-refractivity contribution < 1.29 is 0 Å². The molecule has 0 aliphatic carbocycles. The third-order valence-corrected chi connectivity index (χ3v) is 3.13. The number of nitrogens with one attached hydrogen (secondary N) is 3. The molecule has 7 nitrogen and oxygen atoms in total. The van der Waals surface area contributed by atoms with E-state index in [0.29, 0.717) is 29.2 Å². The zero-order valence-corrected chi connectivity index (χ0v) is 12.6. The lowest BCUT2D eigenvalue weighted by atomic mass is 10.3. The Kier molecular flexibility index (Phi) is 4.15. The lowest BCUT2D eigenvalue weighted by Crippen LogP contribution is -2.06. The van der Waals surface area contributed by atoms with Crippen LogP contribution in [0.2, 0.25) is 5.02 Å². The van der Waals surface area contributed by atoms with Gasteiger partial charge in [-0.25, -0.2) is 4.98 Å². The number of aryl methyl sites for hydroxylation is 1. The average molecular weight is 316 g/mol. The van der Waals surface area contributed by atoms with Gasteiger partial charge in [0.05, 0.1) is 18.4 Å². The highest BCUT2D eigenvalue weighted by Crippen LogP contribution is 2.23. The topological polar surface area (TPSA) is 91.4 Å². The molecule has 3 aromatic heterocycles. The fraction of sp³-hybridized carbons (Fsp3) is 0.143. The second-order valence-electron chi connectivity index (χ2n) is 4.63. The molecule has 3 heterocycles. The van der Waals surface area contributed by atoms with Gasteiger partial charge in [0.25, 0.3) is 0 Å². The average Bonchev–Trinajstić information content (AvgIpc) is 2.94. The van der Waals surface area contributed by atoms with Gasteiger partial charge in [0.2, 0.25) is 5.95 Å². The standard InChI is InChI=1S/C14H14ClN7/c1-9-6-12(22-21-9)19-13-11(15)8-18-14(20-13)17-7-10-4-2-3-5-16-10/h2-6,8H,7H2,1H3,(H3,17,18,19,20,21,22). The lowest BCUT2D eigenvalue weighted by molar-refractivity contribution is 1.00. The van der Waals surface area contributed by atoms with Gasteiger partial charge in [-0.05, 0) is 19.1 Å². The van der Waals surface area contributed by atoms with Crippen LogP contribution < -0.4 is 10.6 Å². The Labute approximate surface area is 132 Å². The van der Waals surface area contributed by atoms with E-state index in [9.17, 15) is 0 Å². The van der Waals surface area contributed by atoms with Crippen molar-refractivity contribution in [2.45, 2.75) is 13.5 Å². The Hall–Kier alpha value is -2.67. The normalized spacial score (nSPS) is 10.5. The molecule has 0 fully saturated rings. The highest BCUT2D eigenvalue weighted by molar-refractivity contribution is 6.32. The molecule has 0 aromatic carbocycles. The van der Waals surface area contributed by atoms with Crippen molar-refractivity contribution in [3.05, 3.63) is 53.1 Å². The van der Waals surface area contributed by atoms with E-state index in [1.165, 1.54) is 6.20 Å². The molecule has 0 aliphatic rings. The summed E-state index contributed by atoms with van der Waals surface area (Å²) in [5, 5.41) is 13.5. The third-order valence-electron chi connectivity index (χ3n) is 2.85. The molecule has 3 rings (SSSR count). The van der Waals surface area contributed by atoms with Crippen LogP contribution in [0, 0.1) is 6.92 Å². The first-order valence-corrected chi connectivity index (χ1v) is 7.04. The van der Waals surface area contributed by atoms with E-state index in [-0.39, 0.29) is 0 Å². The number of halogens is 1.